The van der Waals surface area contributed by atoms with Crippen LogP contribution in [0.4, 0.5) is 18.0 Å². The summed E-state index contributed by atoms with van der Waals surface area (Å²) in [4.78, 5) is 27.1. The van der Waals surface area contributed by atoms with E-state index in [1.165, 1.54) is 0 Å². The van der Waals surface area contributed by atoms with Gasteiger partial charge in [-0.2, -0.15) is 13.2 Å². The molecule has 2 heterocycles. The van der Waals surface area contributed by atoms with Gasteiger partial charge < -0.3 is 20.3 Å². The largest absolute Gasteiger partial charge is 0.481 e. The van der Waals surface area contributed by atoms with Crippen LogP contribution >= 0.6 is 0 Å². The van der Waals surface area contributed by atoms with E-state index in [-0.39, 0.29) is 6.54 Å². The average Bonchev–Trinajstić information content (AvgIpc) is 3.20. The van der Waals surface area contributed by atoms with Crippen LogP contribution in [-0.4, -0.2) is 52.8 Å². The summed E-state index contributed by atoms with van der Waals surface area (Å²) in [5, 5.41) is 12.6. The Balaban J connectivity index is 1.55. The summed E-state index contributed by atoms with van der Waals surface area (Å²) in [7, 11) is 0. The second-order valence-corrected chi connectivity index (χ2v) is 6.38. The number of likely N-dealkylation sites (tertiary alicyclic amines) is 1. The molecule has 6 nitrogen and oxygen atoms in total. The molecule has 1 aliphatic heterocycles. The number of hydrogen-bond acceptors (Lipinski definition) is 2. The number of halogens is 3. The summed E-state index contributed by atoms with van der Waals surface area (Å²) < 4.78 is 38.9. The van der Waals surface area contributed by atoms with Gasteiger partial charge in [0.05, 0.1) is 11.8 Å². The quantitative estimate of drug-likeness (QED) is 0.774. The molecule has 0 aliphatic carbocycles. The molecule has 1 fully saturated rings. The second-order valence-electron chi connectivity index (χ2n) is 6.38. The summed E-state index contributed by atoms with van der Waals surface area (Å²) >= 11 is 0. The van der Waals surface area contributed by atoms with E-state index >= 15 is 0 Å². The number of aliphatic carboxylic acids is 1. The molecule has 3 N–H and O–H groups in total. The number of carboxylic acids is 1. The number of aromatic nitrogens is 1. The highest BCUT2D eigenvalue weighted by Crippen LogP contribution is 2.37. The van der Waals surface area contributed by atoms with E-state index in [1.807, 2.05) is 30.5 Å². The molecule has 0 bridgehead atoms. The van der Waals surface area contributed by atoms with Crippen molar-refractivity contribution in [1.29, 1.82) is 0 Å². The molecule has 1 saturated heterocycles. The number of carboxylic acid groups (broad SMARTS) is 1. The molecule has 3 rings (SSSR count). The molecule has 2 amide bonds. The number of carbonyl (C=O) groups excluding carboxylic acids is 1. The Morgan fingerprint density at radius 3 is 2.69 bits per heavy atom. The Hall–Kier alpha value is -2.71. The summed E-state index contributed by atoms with van der Waals surface area (Å²) in [6.45, 7) is -0.831. The second kappa shape index (κ2) is 6.89. The van der Waals surface area contributed by atoms with Gasteiger partial charge in [0.15, 0.2) is 0 Å². The van der Waals surface area contributed by atoms with Crippen molar-refractivity contribution in [2.45, 2.75) is 12.6 Å². The highest BCUT2D eigenvalue weighted by molar-refractivity contribution is 5.80. The molecular weight excluding hydrogens is 351 g/mol. The van der Waals surface area contributed by atoms with Crippen LogP contribution in [0.3, 0.4) is 0 Å². The van der Waals surface area contributed by atoms with E-state index < -0.39 is 43.1 Å². The molecule has 140 valence electrons. The first-order valence-electron chi connectivity index (χ1n) is 8.14. The Morgan fingerprint density at radius 2 is 2.04 bits per heavy atom. The number of aromatic amines is 1. The summed E-state index contributed by atoms with van der Waals surface area (Å²) in [5.74, 6) is -5.21. The van der Waals surface area contributed by atoms with E-state index in [9.17, 15) is 22.8 Å². The Bertz CT molecular complexity index is 818. The standard InChI is InChI=1S/C17H18F3N3O3/c18-17(19,20)13-9-23(8-12(13)15(24)25)16(26)22-5-3-10-1-2-14-11(7-10)4-6-21-14/h1-2,4,6-7,12-13,21H,3,5,8-9H2,(H,22,26)(H,24,25)/t12-,13-/m1/s1. The molecular formula is C17H18F3N3O3. The molecule has 2 aromatic rings. The van der Waals surface area contributed by atoms with Crippen molar-refractivity contribution < 1.29 is 27.9 Å². The predicted octanol–water partition coefficient (Wildman–Crippen LogP) is 2.61. The number of hydrogen-bond donors (Lipinski definition) is 3. The highest BCUT2D eigenvalue weighted by atomic mass is 19.4. The summed E-state index contributed by atoms with van der Waals surface area (Å²) in [6, 6.07) is 7.03. The van der Waals surface area contributed by atoms with Gasteiger partial charge in [-0.25, -0.2) is 4.79 Å². The van der Waals surface area contributed by atoms with E-state index in [0.717, 1.165) is 21.4 Å². The molecule has 1 aliphatic rings. The molecule has 0 spiro atoms. The van der Waals surface area contributed by atoms with Gasteiger partial charge in [0.25, 0.3) is 0 Å². The van der Waals surface area contributed by atoms with Gasteiger partial charge in [0.1, 0.15) is 0 Å². The van der Waals surface area contributed by atoms with Crippen LogP contribution < -0.4 is 5.32 Å². The zero-order chi connectivity index (χ0) is 18.9. The van der Waals surface area contributed by atoms with E-state index in [2.05, 4.69) is 10.3 Å². The van der Waals surface area contributed by atoms with Crippen molar-refractivity contribution in [3.63, 3.8) is 0 Å². The number of H-pyrrole nitrogens is 1. The van der Waals surface area contributed by atoms with Crippen molar-refractivity contribution in [2.75, 3.05) is 19.6 Å². The fourth-order valence-electron chi connectivity index (χ4n) is 3.24. The van der Waals surface area contributed by atoms with Gasteiger partial charge in [-0.1, -0.05) is 6.07 Å². The Kier molecular flexibility index (Phi) is 4.80. The lowest BCUT2D eigenvalue weighted by Gasteiger charge is -2.18. The summed E-state index contributed by atoms with van der Waals surface area (Å²) in [5.41, 5.74) is 1.98. The van der Waals surface area contributed by atoms with Gasteiger partial charge in [0.2, 0.25) is 0 Å². The monoisotopic (exact) mass is 369 g/mol. The summed E-state index contributed by atoms with van der Waals surface area (Å²) in [6.07, 6.45) is -2.31. The zero-order valence-electron chi connectivity index (χ0n) is 13.7. The fraction of sp³-hybridized carbons (Fsp3) is 0.412. The first kappa shape index (κ1) is 18.1. The van der Waals surface area contributed by atoms with Crippen LogP contribution in [0.2, 0.25) is 0 Å². The van der Waals surface area contributed by atoms with E-state index in [0.29, 0.717) is 6.42 Å². The van der Waals surface area contributed by atoms with Crippen LogP contribution in [0.25, 0.3) is 10.9 Å². The van der Waals surface area contributed by atoms with Crippen LogP contribution in [0.15, 0.2) is 30.5 Å². The third-order valence-electron chi connectivity index (χ3n) is 4.65. The Labute approximate surface area is 147 Å². The smallest absolute Gasteiger partial charge is 0.394 e. The van der Waals surface area contributed by atoms with Gasteiger partial charge >= 0.3 is 18.2 Å². The molecule has 9 heteroatoms. The molecule has 1 aromatic carbocycles. The number of urea groups is 1. The first-order chi connectivity index (χ1) is 12.3. The van der Waals surface area contributed by atoms with Crippen LogP contribution in [-0.2, 0) is 11.2 Å². The number of nitrogens with one attached hydrogen (secondary N) is 2. The lowest BCUT2D eigenvalue weighted by atomic mass is 9.96. The normalized spacial score (nSPS) is 20.5. The maximum atomic E-state index is 13.0. The number of amides is 2. The third kappa shape index (κ3) is 3.76. The van der Waals surface area contributed by atoms with Crippen molar-refractivity contribution in [3.05, 3.63) is 36.0 Å². The maximum absolute atomic E-state index is 13.0. The lowest BCUT2D eigenvalue weighted by molar-refractivity contribution is -0.187. The SMILES string of the molecule is O=C(O)[C@@H]1CN(C(=O)NCCc2ccc3[nH]ccc3c2)C[C@H]1C(F)(F)F. The molecule has 1 aromatic heterocycles. The fourth-order valence-corrected chi connectivity index (χ4v) is 3.24. The average molecular weight is 369 g/mol. The zero-order valence-corrected chi connectivity index (χ0v) is 13.7. The number of nitrogens with zero attached hydrogens (tertiary/aromatic N) is 1. The van der Waals surface area contributed by atoms with Crippen molar-refractivity contribution in [1.82, 2.24) is 15.2 Å². The highest BCUT2D eigenvalue weighted by Gasteiger charge is 2.53. The van der Waals surface area contributed by atoms with Crippen LogP contribution in [0.5, 0.6) is 0 Å². The number of benzene rings is 1. The van der Waals surface area contributed by atoms with Gasteiger partial charge in [0, 0.05) is 31.3 Å². The van der Waals surface area contributed by atoms with Crippen molar-refractivity contribution in [2.24, 2.45) is 11.8 Å². The van der Waals surface area contributed by atoms with Gasteiger partial charge in [-0.15, -0.1) is 0 Å². The van der Waals surface area contributed by atoms with Crippen molar-refractivity contribution in [3.8, 4) is 0 Å². The lowest BCUT2D eigenvalue weighted by Crippen LogP contribution is -2.40. The van der Waals surface area contributed by atoms with Gasteiger partial charge in [-0.3, -0.25) is 4.79 Å². The molecule has 2 atom stereocenters. The maximum Gasteiger partial charge on any atom is 0.394 e. The Morgan fingerprint density at radius 1 is 1.27 bits per heavy atom. The molecule has 0 unspecified atom stereocenters. The minimum Gasteiger partial charge on any atom is -0.481 e. The number of rotatable bonds is 4. The van der Waals surface area contributed by atoms with Gasteiger partial charge in [-0.05, 0) is 35.6 Å². The number of alkyl halides is 3. The first-order valence-corrected chi connectivity index (χ1v) is 8.14. The third-order valence-corrected chi connectivity index (χ3v) is 4.65. The topological polar surface area (TPSA) is 85.4 Å². The van der Waals surface area contributed by atoms with E-state index in [4.69, 9.17) is 5.11 Å². The number of carbonyl (C=O) groups is 2. The molecule has 0 saturated carbocycles. The molecule has 0 radical (unpaired) electrons. The van der Waals surface area contributed by atoms with E-state index in [1.54, 1.807) is 0 Å². The minimum absolute atomic E-state index is 0.250. The predicted molar refractivity (Wildman–Crippen MR) is 87.6 cm³/mol. The number of fused-ring (bicyclic) bond motifs is 1. The minimum atomic E-state index is -4.65. The molecule has 26 heavy (non-hydrogen) atoms. The van der Waals surface area contributed by atoms with Crippen LogP contribution in [0, 0.1) is 11.8 Å². The van der Waals surface area contributed by atoms with Crippen LogP contribution in [0.1, 0.15) is 5.56 Å². The van der Waals surface area contributed by atoms with Crippen molar-refractivity contribution >= 4 is 22.9 Å².